The molecule has 1 aromatic heterocycles. The highest BCUT2D eigenvalue weighted by atomic mass is 16.5. The van der Waals surface area contributed by atoms with Crippen molar-refractivity contribution < 1.29 is 4.74 Å². The Bertz CT molecular complexity index is 2210. The first kappa shape index (κ1) is 25.1. The van der Waals surface area contributed by atoms with Gasteiger partial charge in [0, 0.05) is 22.0 Å². The van der Waals surface area contributed by atoms with Gasteiger partial charge in [-0.15, -0.1) is 0 Å². The number of nitrogens with zero attached hydrogens (tertiary/aromatic N) is 2. The van der Waals surface area contributed by atoms with E-state index in [4.69, 9.17) is 4.74 Å². The summed E-state index contributed by atoms with van der Waals surface area (Å²) < 4.78 is 9.15. The minimum Gasteiger partial charge on any atom is -0.453 e. The molecule has 4 heteroatoms. The van der Waals surface area contributed by atoms with E-state index >= 15 is 0 Å². The van der Waals surface area contributed by atoms with Gasteiger partial charge in [0.05, 0.1) is 22.4 Å². The number of aromatic nitrogens is 1. The molecule has 210 valence electrons. The fourth-order valence-corrected chi connectivity index (χ4v) is 7.75. The molecule has 0 saturated heterocycles. The number of aryl methyl sites for hydroxylation is 1. The first-order chi connectivity index (χ1) is 20.5. The summed E-state index contributed by atoms with van der Waals surface area (Å²) in [6, 6.07) is 32.0. The van der Waals surface area contributed by atoms with Gasteiger partial charge in [0.15, 0.2) is 5.75 Å². The molecule has 3 aliphatic rings. The Kier molecular flexibility index (Phi) is 4.63. The van der Waals surface area contributed by atoms with Crippen LogP contribution in [-0.2, 0) is 10.8 Å². The maximum absolute atomic E-state index is 6.58. The van der Waals surface area contributed by atoms with Crippen molar-refractivity contribution in [2.24, 2.45) is 0 Å². The van der Waals surface area contributed by atoms with Crippen LogP contribution < -0.4 is 20.5 Å². The lowest BCUT2D eigenvalue weighted by Gasteiger charge is -2.45. The van der Waals surface area contributed by atoms with Gasteiger partial charge in [-0.25, -0.2) is 0 Å². The lowest BCUT2D eigenvalue weighted by Crippen LogP contribution is -2.61. The number of benzene rings is 5. The predicted octanol–water partition coefficient (Wildman–Crippen LogP) is 9.03. The van der Waals surface area contributed by atoms with Crippen LogP contribution in [0.25, 0.3) is 38.6 Å². The van der Waals surface area contributed by atoms with E-state index in [2.05, 4.69) is 143 Å². The zero-order valence-corrected chi connectivity index (χ0v) is 26.0. The highest BCUT2D eigenvalue weighted by Gasteiger charge is 2.47. The van der Waals surface area contributed by atoms with Gasteiger partial charge in [0.1, 0.15) is 5.75 Å². The van der Waals surface area contributed by atoms with Crippen LogP contribution in [0.3, 0.4) is 0 Å². The molecule has 43 heavy (non-hydrogen) atoms. The smallest absolute Gasteiger partial charge is 0.333 e. The molecule has 3 aliphatic heterocycles. The molecule has 0 saturated carbocycles. The van der Waals surface area contributed by atoms with Crippen molar-refractivity contribution in [1.82, 2.24) is 4.57 Å². The molecule has 0 radical (unpaired) electrons. The van der Waals surface area contributed by atoms with E-state index in [1.165, 1.54) is 71.9 Å². The summed E-state index contributed by atoms with van der Waals surface area (Å²) in [4.78, 5) is 2.58. The number of fused-ring (bicyclic) bond motifs is 9. The minimum atomic E-state index is -0.00220. The van der Waals surface area contributed by atoms with Crippen LogP contribution in [0.15, 0.2) is 84.9 Å². The largest absolute Gasteiger partial charge is 0.453 e. The first-order valence-corrected chi connectivity index (χ1v) is 15.5. The third-order valence-electron chi connectivity index (χ3n) is 9.87. The van der Waals surface area contributed by atoms with Gasteiger partial charge in [0.2, 0.25) is 0 Å². The molecule has 0 unspecified atom stereocenters. The second-order valence-electron chi connectivity index (χ2n) is 14.8. The van der Waals surface area contributed by atoms with Crippen molar-refractivity contribution in [1.29, 1.82) is 0 Å². The van der Waals surface area contributed by atoms with Crippen LogP contribution in [0.5, 0.6) is 11.5 Å². The van der Waals surface area contributed by atoms with Gasteiger partial charge < -0.3 is 14.1 Å². The second kappa shape index (κ2) is 7.93. The number of hydrogen-bond acceptors (Lipinski definition) is 2. The van der Waals surface area contributed by atoms with E-state index < -0.39 is 0 Å². The van der Waals surface area contributed by atoms with Crippen molar-refractivity contribution in [3.8, 4) is 28.3 Å². The lowest BCUT2D eigenvalue weighted by atomic mass is 9.43. The first-order valence-electron chi connectivity index (χ1n) is 15.5. The zero-order valence-electron chi connectivity index (χ0n) is 26.0. The summed E-state index contributed by atoms with van der Waals surface area (Å²) in [7, 11) is 0. The van der Waals surface area contributed by atoms with Crippen LogP contribution in [-0.4, -0.2) is 11.4 Å². The van der Waals surface area contributed by atoms with Gasteiger partial charge in [-0.05, 0) is 93.4 Å². The molecule has 0 spiro atoms. The van der Waals surface area contributed by atoms with Crippen LogP contribution in [0.4, 0.5) is 11.4 Å². The monoisotopic (exact) mass is 558 g/mol. The molecular formula is C39H35BN2O. The molecular weight excluding hydrogens is 523 g/mol. The Hall–Kier alpha value is -4.44. The van der Waals surface area contributed by atoms with Crippen molar-refractivity contribution >= 4 is 51.0 Å². The second-order valence-corrected chi connectivity index (χ2v) is 14.8. The molecule has 3 nitrogen and oxygen atoms in total. The van der Waals surface area contributed by atoms with Crippen LogP contribution in [0.1, 0.15) is 58.2 Å². The van der Waals surface area contributed by atoms with E-state index in [0.717, 1.165) is 17.2 Å². The number of anilines is 2. The van der Waals surface area contributed by atoms with Gasteiger partial charge in [-0.2, -0.15) is 0 Å². The van der Waals surface area contributed by atoms with Gasteiger partial charge in [-0.3, -0.25) is 0 Å². The average molecular weight is 559 g/mol. The molecule has 0 bridgehead atoms. The number of para-hydroxylation sites is 3. The quantitative estimate of drug-likeness (QED) is 0.173. The average Bonchev–Trinajstić information content (AvgIpc) is 3.30. The summed E-state index contributed by atoms with van der Waals surface area (Å²) in [6.45, 7) is 16.2. The molecule has 0 amide bonds. The van der Waals surface area contributed by atoms with Crippen LogP contribution in [0.2, 0.25) is 0 Å². The van der Waals surface area contributed by atoms with E-state index in [0.29, 0.717) is 0 Å². The van der Waals surface area contributed by atoms with Gasteiger partial charge in [-0.1, -0.05) is 84.0 Å². The highest BCUT2D eigenvalue weighted by Crippen LogP contribution is 2.54. The maximum Gasteiger partial charge on any atom is 0.333 e. The summed E-state index contributed by atoms with van der Waals surface area (Å²) in [5, 5.41) is 2.68. The van der Waals surface area contributed by atoms with Gasteiger partial charge in [0.25, 0.3) is 0 Å². The summed E-state index contributed by atoms with van der Waals surface area (Å²) in [5.41, 5.74) is 15.6. The number of rotatable bonds is 0. The topological polar surface area (TPSA) is 17.4 Å². The molecule has 0 fully saturated rings. The predicted molar refractivity (Wildman–Crippen MR) is 182 cm³/mol. The van der Waals surface area contributed by atoms with Crippen molar-refractivity contribution in [2.45, 2.75) is 59.3 Å². The van der Waals surface area contributed by atoms with Crippen molar-refractivity contribution in [3.05, 3.63) is 102 Å². The minimum absolute atomic E-state index is 0.00220. The molecule has 9 rings (SSSR count). The number of hydrogen-bond donors (Lipinski definition) is 0. The van der Waals surface area contributed by atoms with Crippen molar-refractivity contribution in [3.63, 3.8) is 0 Å². The Morgan fingerprint density at radius 2 is 1.40 bits per heavy atom. The third kappa shape index (κ3) is 3.22. The highest BCUT2D eigenvalue weighted by molar-refractivity contribution is 6.93. The summed E-state index contributed by atoms with van der Waals surface area (Å²) in [5.74, 6) is 1.84. The lowest BCUT2D eigenvalue weighted by molar-refractivity contribution is 0.478. The normalized spacial score (nSPS) is 14.5. The Morgan fingerprint density at radius 3 is 2.19 bits per heavy atom. The summed E-state index contributed by atoms with van der Waals surface area (Å²) >= 11 is 0. The molecule has 0 N–H and O–H groups in total. The Balaban J connectivity index is 1.50. The fraction of sp³-hybridized carbons (Fsp3) is 0.231. The number of ether oxygens (including phenoxy) is 1. The molecule has 5 aromatic carbocycles. The molecule has 0 atom stereocenters. The van der Waals surface area contributed by atoms with Crippen LogP contribution >= 0.6 is 0 Å². The molecule has 4 heterocycles. The SMILES string of the molecule is Cc1cc2c3c(c1)-n1c4ccc(C(C)(C)C)cc4c4cc(C(C)(C)C)cc(c41)B3N1c3ccccc3Oc3cccc-2c31. The fourth-order valence-electron chi connectivity index (χ4n) is 7.75. The van der Waals surface area contributed by atoms with Crippen molar-refractivity contribution in [2.75, 3.05) is 4.81 Å². The Morgan fingerprint density at radius 1 is 0.651 bits per heavy atom. The Labute approximate surface area is 253 Å². The molecule has 0 aliphatic carbocycles. The summed E-state index contributed by atoms with van der Waals surface area (Å²) in [6.07, 6.45) is 0. The molecule has 6 aromatic rings. The third-order valence-corrected chi connectivity index (χ3v) is 9.87. The van der Waals surface area contributed by atoms with E-state index in [1.54, 1.807) is 0 Å². The zero-order chi connectivity index (χ0) is 29.6. The maximum atomic E-state index is 6.58. The van der Waals surface area contributed by atoms with E-state index in [9.17, 15) is 0 Å². The van der Waals surface area contributed by atoms with E-state index in [-0.39, 0.29) is 17.7 Å². The van der Waals surface area contributed by atoms with Crippen LogP contribution in [0, 0.1) is 6.92 Å². The van der Waals surface area contributed by atoms with E-state index in [1.807, 2.05) is 0 Å². The van der Waals surface area contributed by atoms with Gasteiger partial charge >= 0.3 is 6.85 Å². The standard InChI is InChI=1S/C39H35BN2O/c1-22-17-27-25-11-10-14-34-37(25)42(31-12-8-9-13-33(31)43-34)40-29-21-24(39(5,6)7)20-28-26-19-23(38(2,3)4)15-16-30(26)41(36(28)29)32(18-22)35(27)40/h8-21H,1-7H3.